The van der Waals surface area contributed by atoms with E-state index in [1.807, 2.05) is 46.2 Å². The first-order valence-electron chi connectivity index (χ1n) is 13.1. The standard InChI is InChI=1S/C29H37N3O3/c1-21-5-3-14-30(21)17-18-31-16-13-25-19-24(11-12-27(25)29(31)34)22-7-9-23(10-8-22)28(33)32-15-4-6-26(32)20-35-2/h7-12,19,21,26H,3-6,13-18,20H2,1-2H3. The van der Waals surface area contributed by atoms with E-state index in [9.17, 15) is 9.59 Å². The highest BCUT2D eigenvalue weighted by molar-refractivity contribution is 5.98. The summed E-state index contributed by atoms with van der Waals surface area (Å²) in [4.78, 5) is 32.6. The van der Waals surface area contributed by atoms with Crippen LogP contribution in [0.5, 0.6) is 0 Å². The lowest BCUT2D eigenvalue weighted by atomic mass is 9.93. The topological polar surface area (TPSA) is 53.1 Å². The number of amides is 2. The van der Waals surface area contributed by atoms with E-state index in [1.54, 1.807) is 7.11 Å². The van der Waals surface area contributed by atoms with Gasteiger partial charge in [-0.15, -0.1) is 0 Å². The van der Waals surface area contributed by atoms with Crippen LogP contribution in [0.1, 0.15) is 58.9 Å². The highest BCUT2D eigenvalue weighted by Crippen LogP contribution is 2.28. The third-order valence-corrected chi connectivity index (χ3v) is 8.08. The van der Waals surface area contributed by atoms with Gasteiger partial charge in [0.25, 0.3) is 11.8 Å². The molecule has 0 N–H and O–H groups in total. The predicted molar refractivity (Wildman–Crippen MR) is 138 cm³/mol. The van der Waals surface area contributed by atoms with Gasteiger partial charge in [0.05, 0.1) is 12.6 Å². The third-order valence-electron chi connectivity index (χ3n) is 8.08. The molecule has 2 atom stereocenters. The second kappa shape index (κ2) is 10.5. The second-order valence-corrected chi connectivity index (χ2v) is 10.3. The molecule has 2 saturated heterocycles. The number of nitrogens with zero attached hydrogens (tertiary/aromatic N) is 3. The van der Waals surface area contributed by atoms with Gasteiger partial charge < -0.3 is 14.5 Å². The van der Waals surface area contributed by atoms with Gasteiger partial charge in [0.1, 0.15) is 0 Å². The van der Waals surface area contributed by atoms with Crippen molar-refractivity contribution in [3.8, 4) is 11.1 Å². The molecule has 6 nitrogen and oxygen atoms in total. The Bertz CT molecular complexity index is 1070. The molecule has 3 aliphatic heterocycles. The molecule has 186 valence electrons. The summed E-state index contributed by atoms with van der Waals surface area (Å²) in [5, 5.41) is 0. The number of rotatable bonds is 7. The number of ether oxygens (including phenoxy) is 1. The SMILES string of the molecule is COCC1CCCN1C(=O)c1ccc(-c2ccc3c(c2)CCN(CCN2CCCC2C)C3=O)cc1. The van der Waals surface area contributed by atoms with Crippen LogP contribution in [0.15, 0.2) is 42.5 Å². The van der Waals surface area contributed by atoms with E-state index >= 15 is 0 Å². The van der Waals surface area contributed by atoms with E-state index < -0.39 is 0 Å². The Hall–Kier alpha value is -2.70. The zero-order chi connectivity index (χ0) is 24.4. The van der Waals surface area contributed by atoms with Crippen LogP contribution in [0.25, 0.3) is 11.1 Å². The van der Waals surface area contributed by atoms with E-state index in [0.717, 1.165) is 74.2 Å². The van der Waals surface area contributed by atoms with Crippen molar-refractivity contribution in [3.05, 3.63) is 59.2 Å². The minimum atomic E-state index is 0.0792. The molecule has 0 spiro atoms. The van der Waals surface area contributed by atoms with Gasteiger partial charge in [-0.1, -0.05) is 24.3 Å². The first-order chi connectivity index (χ1) is 17.0. The fourth-order valence-corrected chi connectivity index (χ4v) is 5.94. The van der Waals surface area contributed by atoms with Crippen LogP contribution in [0.2, 0.25) is 0 Å². The summed E-state index contributed by atoms with van der Waals surface area (Å²) in [6.45, 7) is 7.38. The Morgan fingerprint density at radius 3 is 2.49 bits per heavy atom. The summed E-state index contributed by atoms with van der Waals surface area (Å²) >= 11 is 0. The number of fused-ring (bicyclic) bond motifs is 1. The summed E-state index contributed by atoms with van der Waals surface area (Å²) in [5.41, 5.74) is 4.83. The van der Waals surface area contributed by atoms with Gasteiger partial charge in [-0.25, -0.2) is 0 Å². The largest absolute Gasteiger partial charge is 0.383 e. The highest BCUT2D eigenvalue weighted by atomic mass is 16.5. The fraction of sp³-hybridized carbons (Fsp3) is 0.517. The number of carbonyl (C=O) groups excluding carboxylic acids is 2. The van der Waals surface area contributed by atoms with Gasteiger partial charge in [0.2, 0.25) is 0 Å². The lowest BCUT2D eigenvalue weighted by molar-refractivity contribution is 0.0630. The van der Waals surface area contributed by atoms with Gasteiger partial charge in [-0.2, -0.15) is 0 Å². The van der Waals surface area contributed by atoms with Crippen molar-refractivity contribution in [3.63, 3.8) is 0 Å². The molecule has 6 heteroatoms. The van der Waals surface area contributed by atoms with Gasteiger partial charge in [0, 0.05) is 50.5 Å². The van der Waals surface area contributed by atoms with Crippen LogP contribution < -0.4 is 0 Å². The zero-order valence-electron chi connectivity index (χ0n) is 21.0. The molecular weight excluding hydrogens is 438 g/mol. The number of hydrogen-bond donors (Lipinski definition) is 0. The number of methoxy groups -OCH3 is 1. The molecular formula is C29H37N3O3. The fourth-order valence-electron chi connectivity index (χ4n) is 5.94. The van der Waals surface area contributed by atoms with Gasteiger partial charge in [-0.05, 0) is 80.5 Å². The molecule has 0 aliphatic carbocycles. The highest BCUT2D eigenvalue weighted by Gasteiger charge is 2.30. The van der Waals surface area contributed by atoms with Crippen LogP contribution in [0.3, 0.4) is 0 Å². The normalized spacial score (nSPS) is 22.6. The quantitative estimate of drug-likeness (QED) is 0.605. The molecule has 0 saturated carbocycles. The average molecular weight is 476 g/mol. The van der Waals surface area contributed by atoms with Gasteiger partial charge in [-0.3, -0.25) is 14.5 Å². The first kappa shape index (κ1) is 24.0. The van der Waals surface area contributed by atoms with Crippen molar-refractivity contribution in [2.45, 2.75) is 51.1 Å². The van der Waals surface area contributed by atoms with Crippen LogP contribution in [-0.4, -0.2) is 85.0 Å². The maximum atomic E-state index is 13.1. The van der Waals surface area contributed by atoms with Gasteiger partial charge >= 0.3 is 0 Å². The molecule has 0 radical (unpaired) electrons. The van der Waals surface area contributed by atoms with E-state index in [1.165, 1.54) is 12.8 Å². The van der Waals surface area contributed by atoms with Crippen molar-refractivity contribution < 1.29 is 14.3 Å². The molecule has 2 amide bonds. The molecule has 3 heterocycles. The second-order valence-electron chi connectivity index (χ2n) is 10.3. The maximum Gasteiger partial charge on any atom is 0.254 e. The van der Waals surface area contributed by atoms with Crippen molar-refractivity contribution >= 4 is 11.8 Å². The lowest BCUT2D eigenvalue weighted by Gasteiger charge is -2.31. The number of likely N-dealkylation sites (tertiary alicyclic amines) is 2. The van der Waals surface area contributed by atoms with E-state index in [-0.39, 0.29) is 17.9 Å². The summed E-state index contributed by atoms with van der Waals surface area (Å²) in [6, 6.07) is 14.9. The van der Waals surface area contributed by atoms with Crippen molar-refractivity contribution in [2.24, 2.45) is 0 Å². The zero-order valence-corrected chi connectivity index (χ0v) is 21.0. The molecule has 2 aromatic carbocycles. The lowest BCUT2D eigenvalue weighted by Crippen LogP contribution is -2.43. The van der Waals surface area contributed by atoms with Crippen LogP contribution in [0, 0.1) is 0 Å². The van der Waals surface area contributed by atoms with Gasteiger partial charge in [0.15, 0.2) is 0 Å². The molecule has 2 unspecified atom stereocenters. The minimum absolute atomic E-state index is 0.0792. The molecule has 0 aromatic heterocycles. The van der Waals surface area contributed by atoms with E-state index in [0.29, 0.717) is 18.2 Å². The van der Waals surface area contributed by atoms with Crippen molar-refractivity contribution in [1.29, 1.82) is 0 Å². The molecule has 0 bridgehead atoms. The number of benzene rings is 2. The number of carbonyl (C=O) groups is 2. The smallest absolute Gasteiger partial charge is 0.254 e. The minimum Gasteiger partial charge on any atom is -0.383 e. The Morgan fingerprint density at radius 1 is 0.971 bits per heavy atom. The van der Waals surface area contributed by atoms with E-state index in [2.05, 4.69) is 17.9 Å². The molecule has 2 fully saturated rings. The van der Waals surface area contributed by atoms with E-state index in [4.69, 9.17) is 4.74 Å². The molecule has 5 rings (SSSR count). The Kier molecular flexibility index (Phi) is 7.21. The van der Waals surface area contributed by atoms with Crippen LogP contribution >= 0.6 is 0 Å². The summed E-state index contributed by atoms with van der Waals surface area (Å²) in [5.74, 6) is 0.234. The Balaban J connectivity index is 1.25. The average Bonchev–Trinajstić information content (AvgIpc) is 3.52. The number of hydrogen-bond acceptors (Lipinski definition) is 4. The molecule has 2 aromatic rings. The monoisotopic (exact) mass is 475 g/mol. The summed E-state index contributed by atoms with van der Waals surface area (Å²) in [6.07, 6.45) is 5.45. The maximum absolute atomic E-state index is 13.1. The van der Waals surface area contributed by atoms with Crippen molar-refractivity contribution in [2.75, 3.05) is 46.4 Å². The van der Waals surface area contributed by atoms with Crippen molar-refractivity contribution in [1.82, 2.24) is 14.7 Å². The first-order valence-corrected chi connectivity index (χ1v) is 13.1. The molecule has 3 aliphatic rings. The predicted octanol–water partition coefficient (Wildman–Crippen LogP) is 4.09. The third kappa shape index (κ3) is 5.00. The Labute approximate surface area is 208 Å². The Morgan fingerprint density at radius 2 is 1.74 bits per heavy atom. The van der Waals surface area contributed by atoms with Crippen LogP contribution in [0.4, 0.5) is 0 Å². The molecule has 35 heavy (non-hydrogen) atoms. The summed E-state index contributed by atoms with van der Waals surface area (Å²) in [7, 11) is 1.69. The summed E-state index contributed by atoms with van der Waals surface area (Å²) < 4.78 is 5.30. The van der Waals surface area contributed by atoms with Crippen LogP contribution in [-0.2, 0) is 11.2 Å².